The average molecular weight is 339 g/mol. The van der Waals surface area contributed by atoms with Gasteiger partial charge >= 0.3 is 0 Å². The fourth-order valence-corrected chi connectivity index (χ4v) is 3.27. The van der Waals surface area contributed by atoms with Gasteiger partial charge in [-0.15, -0.1) is 12.4 Å². The predicted octanol–water partition coefficient (Wildman–Crippen LogP) is 2.39. The molecule has 0 saturated carbocycles. The van der Waals surface area contributed by atoms with Crippen LogP contribution in [0.2, 0.25) is 0 Å². The number of nitrogens with zero attached hydrogens (tertiary/aromatic N) is 2. The van der Waals surface area contributed by atoms with E-state index < -0.39 is 0 Å². The summed E-state index contributed by atoms with van der Waals surface area (Å²) in [5.74, 6) is 0.536. The van der Waals surface area contributed by atoms with Crippen LogP contribution in [0.15, 0.2) is 23.9 Å². The second-order valence-electron chi connectivity index (χ2n) is 6.37. The lowest BCUT2D eigenvalue weighted by atomic mass is 9.97. The second kappa shape index (κ2) is 9.08. The Morgan fingerprint density at radius 3 is 3.04 bits per heavy atom. The summed E-state index contributed by atoms with van der Waals surface area (Å²) in [6.45, 7) is 3.11. The lowest BCUT2D eigenvalue weighted by Gasteiger charge is -2.20. The van der Waals surface area contributed by atoms with Crippen molar-refractivity contribution in [2.45, 2.75) is 51.0 Å². The van der Waals surface area contributed by atoms with Gasteiger partial charge < -0.3 is 10.6 Å². The van der Waals surface area contributed by atoms with Crippen LogP contribution >= 0.6 is 12.4 Å². The topological polar surface area (TPSA) is 59.0 Å². The molecule has 5 nitrogen and oxygen atoms in total. The van der Waals surface area contributed by atoms with E-state index in [4.69, 9.17) is 0 Å². The number of piperidine rings is 1. The summed E-state index contributed by atoms with van der Waals surface area (Å²) in [6.07, 6.45) is 11.4. The summed E-state index contributed by atoms with van der Waals surface area (Å²) in [6, 6.07) is 2.05. The largest absolute Gasteiger partial charge is 0.351 e. The normalized spacial score (nSPS) is 21.2. The molecule has 1 fully saturated rings. The second-order valence-corrected chi connectivity index (χ2v) is 6.37. The monoisotopic (exact) mass is 338 g/mol. The highest BCUT2D eigenvalue weighted by atomic mass is 35.5. The molecule has 6 heteroatoms. The Morgan fingerprint density at radius 1 is 1.39 bits per heavy atom. The molecule has 3 rings (SSSR count). The molecule has 1 aliphatic heterocycles. The fourth-order valence-electron chi connectivity index (χ4n) is 3.27. The van der Waals surface area contributed by atoms with E-state index in [2.05, 4.69) is 27.9 Å². The van der Waals surface area contributed by atoms with Crippen LogP contribution in [0.1, 0.15) is 50.1 Å². The number of amides is 1. The van der Waals surface area contributed by atoms with Crippen LogP contribution < -0.4 is 10.6 Å². The van der Waals surface area contributed by atoms with Crippen molar-refractivity contribution in [3.63, 3.8) is 0 Å². The van der Waals surface area contributed by atoms with Crippen molar-refractivity contribution in [2.75, 3.05) is 19.6 Å². The van der Waals surface area contributed by atoms with Crippen molar-refractivity contribution >= 4 is 18.3 Å². The molecule has 0 aromatic carbocycles. The molecular formula is C17H27ClN4O. The quantitative estimate of drug-likeness (QED) is 0.810. The zero-order valence-electron chi connectivity index (χ0n) is 13.6. The Labute approximate surface area is 144 Å². The van der Waals surface area contributed by atoms with Gasteiger partial charge in [-0.3, -0.25) is 9.48 Å². The van der Waals surface area contributed by atoms with Gasteiger partial charge in [0, 0.05) is 25.2 Å². The van der Waals surface area contributed by atoms with Crippen LogP contribution in [0.3, 0.4) is 0 Å². The highest BCUT2D eigenvalue weighted by molar-refractivity contribution is 5.85. The Hall–Kier alpha value is -1.33. The lowest BCUT2D eigenvalue weighted by molar-refractivity contribution is -0.121. The molecule has 128 valence electrons. The maximum absolute atomic E-state index is 12.0. The highest BCUT2D eigenvalue weighted by Crippen LogP contribution is 2.21. The first-order chi connectivity index (χ1) is 10.8. The Bertz CT molecular complexity index is 534. The third-order valence-corrected chi connectivity index (χ3v) is 4.58. The molecule has 2 aliphatic rings. The number of hydrogen-bond donors (Lipinski definition) is 2. The predicted molar refractivity (Wildman–Crippen MR) is 93.9 cm³/mol. The number of allylic oxidation sites excluding steroid dienone is 1. The minimum absolute atomic E-state index is 0. The Morgan fingerprint density at radius 2 is 2.30 bits per heavy atom. The van der Waals surface area contributed by atoms with Gasteiger partial charge in [-0.25, -0.2) is 0 Å². The van der Waals surface area contributed by atoms with E-state index in [9.17, 15) is 4.79 Å². The summed E-state index contributed by atoms with van der Waals surface area (Å²) >= 11 is 0. The molecule has 0 radical (unpaired) electrons. The number of carbonyl (C=O) groups excluding carboxylic acids is 1. The van der Waals surface area contributed by atoms with Gasteiger partial charge in [-0.2, -0.15) is 5.10 Å². The van der Waals surface area contributed by atoms with E-state index in [1.165, 1.54) is 31.3 Å². The smallest absolute Gasteiger partial charge is 0.241 e. The first kappa shape index (κ1) is 18.0. The molecule has 1 aromatic rings. The molecule has 1 atom stereocenters. The zero-order chi connectivity index (χ0) is 15.2. The number of hydrogen-bond acceptors (Lipinski definition) is 3. The first-order valence-electron chi connectivity index (χ1n) is 8.50. The molecule has 2 N–H and O–H groups in total. The van der Waals surface area contributed by atoms with Gasteiger partial charge in [0.05, 0.1) is 5.69 Å². The van der Waals surface area contributed by atoms with E-state index in [1.54, 1.807) is 4.68 Å². The molecule has 1 aliphatic carbocycles. The number of rotatable bonds is 5. The molecule has 1 unspecified atom stereocenters. The summed E-state index contributed by atoms with van der Waals surface area (Å²) < 4.78 is 1.76. The van der Waals surface area contributed by atoms with Gasteiger partial charge in [0.25, 0.3) is 0 Å². The third kappa shape index (κ3) is 5.36. The van der Waals surface area contributed by atoms with Crippen LogP contribution in [0.4, 0.5) is 0 Å². The van der Waals surface area contributed by atoms with Gasteiger partial charge in [0.1, 0.15) is 6.54 Å². The fraction of sp³-hybridized carbons (Fsp3) is 0.647. The highest BCUT2D eigenvalue weighted by Gasteiger charge is 2.17. The van der Waals surface area contributed by atoms with Gasteiger partial charge in [-0.1, -0.05) is 11.6 Å². The van der Waals surface area contributed by atoms with Crippen molar-refractivity contribution in [3.05, 3.63) is 29.6 Å². The first-order valence-corrected chi connectivity index (χ1v) is 8.50. The Balaban J connectivity index is 0.00000192. The van der Waals surface area contributed by atoms with Crippen LogP contribution in [0, 0.1) is 0 Å². The van der Waals surface area contributed by atoms with Crippen molar-refractivity contribution in [2.24, 2.45) is 0 Å². The molecule has 1 saturated heterocycles. The molecule has 2 heterocycles. The minimum Gasteiger partial charge on any atom is -0.351 e. The Kier molecular flexibility index (Phi) is 7.12. The van der Waals surface area contributed by atoms with E-state index >= 15 is 0 Å². The van der Waals surface area contributed by atoms with Crippen LogP contribution in [-0.4, -0.2) is 35.3 Å². The number of nitrogens with one attached hydrogen (secondary N) is 2. The maximum atomic E-state index is 12.0. The van der Waals surface area contributed by atoms with Crippen molar-refractivity contribution < 1.29 is 4.79 Å². The summed E-state index contributed by atoms with van der Waals surface area (Å²) in [5.41, 5.74) is 2.48. The van der Waals surface area contributed by atoms with Crippen molar-refractivity contribution in [3.8, 4) is 0 Å². The van der Waals surface area contributed by atoms with Crippen molar-refractivity contribution in [1.82, 2.24) is 20.4 Å². The SMILES string of the molecule is Cl.O=C(Cn1ccc(C2CCCNC2)n1)NCC1=CCCCC1. The van der Waals surface area contributed by atoms with Gasteiger partial charge in [-0.05, 0) is 51.1 Å². The number of carbonyl (C=O) groups is 1. The summed E-state index contributed by atoms with van der Waals surface area (Å²) in [4.78, 5) is 12.0. The standard InChI is InChI=1S/C17H26N4O.ClH/c22-17(19-11-14-5-2-1-3-6-14)13-21-10-8-16(20-21)15-7-4-9-18-12-15;/h5,8,10,15,18H,1-4,6-7,9,11-13H2,(H,19,22);1H. The van der Waals surface area contributed by atoms with E-state index in [-0.39, 0.29) is 18.3 Å². The van der Waals surface area contributed by atoms with Gasteiger partial charge in [0.2, 0.25) is 5.91 Å². The number of aromatic nitrogens is 2. The van der Waals surface area contributed by atoms with Crippen LogP contribution in [0.5, 0.6) is 0 Å². The lowest BCUT2D eigenvalue weighted by Crippen LogP contribution is -2.30. The molecule has 23 heavy (non-hydrogen) atoms. The van der Waals surface area contributed by atoms with Crippen molar-refractivity contribution in [1.29, 1.82) is 0 Å². The third-order valence-electron chi connectivity index (χ3n) is 4.58. The van der Waals surface area contributed by atoms with Crippen LogP contribution in [-0.2, 0) is 11.3 Å². The number of halogens is 1. The minimum atomic E-state index is 0. The molecule has 0 spiro atoms. The van der Waals surface area contributed by atoms with Crippen LogP contribution in [0.25, 0.3) is 0 Å². The molecule has 1 aromatic heterocycles. The van der Waals surface area contributed by atoms with E-state index in [1.807, 2.05) is 6.20 Å². The molecular weight excluding hydrogens is 312 g/mol. The summed E-state index contributed by atoms with van der Waals surface area (Å²) in [7, 11) is 0. The average Bonchev–Trinajstić information content (AvgIpc) is 3.03. The maximum Gasteiger partial charge on any atom is 0.241 e. The van der Waals surface area contributed by atoms with Gasteiger partial charge in [0.15, 0.2) is 0 Å². The molecule has 1 amide bonds. The van der Waals surface area contributed by atoms with E-state index in [0.29, 0.717) is 19.0 Å². The summed E-state index contributed by atoms with van der Waals surface area (Å²) in [5, 5.41) is 11.0. The zero-order valence-corrected chi connectivity index (χ0v) is 14.4. The molecule has 0 bridgehead atoms. The van der Waals surface area contributed by atoms with E-state index in [0.717, 1.165) is 31.6 Å².